The van der Waals surface area contributed by atoms with Crippen LogP contribution in [0.2, 0.25) is 0 Å². The van der Waals surface area contributed by atoms with Gasteiger partial charge in [-0.15, -0.1) is 0 Å². The van der Waals surface area contributed by atoms with Crippen molar-refractivity contribution in [1.82, 2.24) is 0 Å². The molecule has 0 saturated heterocycles. The van der Waals surface area contributed by atoms with E-state index in [2.05, 4.69) is 6.92 Å². The molecule has 2 nitrogen and oxygen atoms in total. The van der Waals surface area contributed by atoms with Gasteiger partial charge in [-0.25, -0.2) is 0 Å². The zero-order valence-electron chi connectivity index (χ0n) is 9.09. The van der Waals surface area contributed by atoms with Crippen LogP contribution in [0.5, 0.6) is 0 Å². The Hall–Kier alpha value is -0.0800. The van der Waals surface area contributed by atoms with Crippen LogP contribution in [0.25, 0.3) is 0 Å². The summed E-state index contributed by atoms with van der Waals surface area (Å²) in [6.45, 7) is 5.49. The van der Waals surface area contributed by atoms with E-state index >= 15 is 0 Å². The van der Waals surface area contributed by atoms with Crippen molar-refractivity contribution in [2.45, 2.75) is 58.5 Å². The van der Waals surface area contributed by atoms with Gasteiger partial charge in [-0.05, 0) is 12.8 Å². The van der Waals surface area contributed by atoms with E-state index in [1.807, 2.05) is 6.92 Å². The SMILES string of the molecule is CCCCCCCOC[C@@H](O)CC. The first-order valence-electron chi connectivity index (χ1n) is 5.57. The molecule has 0 fully saturated rings. The Balaban J connectivity index is 2.91. The lowest BCUT2D eigenvalue weighted by molar-refractivity contribution is 0.0335. The highest BCUT2D eigenvalue weighted by Crippen LogP contribution is 2.02. The molecule has 13 heavy (non-hydrogen) atoms. The smallest absolute Gasteiger partial charge is 0.0771 e. The maximum atomic E-state index is 9.17. The van der Waals surface area contributed by atoms with E-state index in [-0.39, 0.29) is 6.10 Å². The number of hydrogen-bond acceptors (Lipinski definition) is 2. The van der Waals surface area contributed by atoms with E-state index in [0.29, 0.717) is 6.61 Å². The summed E-state index contributed by atoms with van der Waals surface area (Å²) in [5.41, 5.74) is 0. The second-order valence-corrected chi connectivity index (χ2v) is 3.55. The van der Waals surface area contributed by atoms with Crippen molar-refractivity contribution in [3.8, 4) is 0 Å². The van der Waals surface area contributed by atoms with Crippen LogP contribution < -0.4 is 0 Å². The average Bonchev–Trinajstić information content (AvgIpc) is 2.16. The standard InChI is InChI=1S/C11H24O2/c1-3-5-6-7-8-9-13-10-11(12)4-2/h11-12H,3-10H2,1-2H3/t11-/m0/s1. The molecule has 0 aliphatic carbocycles. The lowest BCUT2D eigenvalue weighted by atomic mass is 10.2. The molecule has 80 valence electrons. The zero-order valence-corrected chi connectivity index (χ0v) is 9.09. The Morgan fingerprint density at radius 3 is 2.38 bits per heavy atom. The molecule has 0 bridgehead atoms. The summed E-state index contributed by atoms with van der Waals surface area (Å²) in [6, 6.07) is 0. The van der Waals surface area contributed by atoms with E-state index in [9.17, 15) is 5.11 Å². The molecule has 0 aliphatic rings. The number of ether oxygens (including phenoxy) is 1. The highest BCUT2D eigenvalue weighted by Gasteiger charge is 1.99. The molecule has 1 atom stereocenters. The Bertz CT molecular complexity index is 94.1. The summed E-state index contributed by atoms with van der Waals surface area (Å²) in [6.07, 6.45) is 6.85. The van der Waals surface area contributed by atoms with Crippen molar-refractivity contribution >= 4 is 0 Å². The summed E-state index contributed by atoms with van der Waals surface area (Å²) in [5, 5.41) is 9.17. The molecule has 0 aromatic carbocycles. The fourth-order valence-corrected chi connectivity index (χ4v) is 1.14. The number of rotatable bonds is 9. The lowest BCUT2D eigenvalue weighted by Gasteiger charge is -2.08. The number of unbranched alkanes of at least 4 members (excludes halogenated alkanes) is 4. The van der Waals surface area contributed by atoms with Gasteiger partial charge in [-0.3, -0.25) is 0 Å². The molecule has 0 amide bonds. The molecule has 2 heteroatoms. The fourth-order valence-electron chi connectivity index (χ4n) is 1.14. The minimum absolute atomic E-state index is 0.268. The van der Waals surface area contributed by atoms with Gasteiger partial charge >= 0.3 is 0 Å². The summed E-state index contributed by atoms with van der Waals surface area (Å²) < 4.78 is 5.32. The second-order valence-electron chi connectivity index (χ2n) is 3.55. The van der Waals surface area contributed by atoms with Crippen LogP contribution in [0.1, 0.15) is 52.4 Å². The van der Waals surface area contributed by atoms with Gasteiger partial charge < -0.3 is 9.84 Å². The van der Waals surface area contributed by atoms with Gasteiger partial charge in [0.2, 0.25) is 0 Å². The highest BCUT2D eigenvalue weighted by molar-refractivity contribution is 4.48. The molecule has 0 aromatic rings. The summed E-state index contributed by atoms with van der Waals surface area (Å²) in [5.74, 6) is 0. The third kappa shape index (κ3) is 9.84. The minimum atomic E-state index is -0.268. The maximum Gasteiger partial charge on any atom is 0.0771 e. The van der Waals surface area contributed by atoms with E-state index in [4.69, 9.17) is 4.74 Å². The Morgan fingerprint density at radius 2 is 1.77 bits per heavy atom. The molecular formula is C11H24O2. The van der Waals surface area contributed by atoms with Gasteiger partial charge in [0, 0.05) is 6.61 Å². The van der Waals surface area contributed by atoms with Gasteiger partial charge in [0.15, 0.2) is 0 Å². The van der Waals surface area contributed by atoms with Gasteiger partial charge in [0.05, 0.1) is 12.7 Å². The van der Waals surface area contributed by atoms with Crippen molar-refractivity contribution in [2.75, 3.05) is 13.2 Å². The van der Waals surface area contributed by atoms with Gasteiger partial charge in [0.25, 0.3) is 0 Å². The first-order chi connectivity index (χ1) is 6.31. The highest BCUT2D eigenvalue weighted by atomic mass is 16.5. The molecule has 0 aliphatic heterocycles. The molecular weight excluding hydrogens is 164 g/mol. The van der Waals surface area contributed by atoms with Gasteiger partial charge in [-0.1, -0.05) is 39.5 Å². The van der Waals surface area contributed by atoms with Crippen molar-refractivity contribution in [2.24, 2.45) is 0 Å². The minimum Gasteiger partial charge on any atom is -0.391 e. The van der Waals surface area contributed by atoms with Crippen LogP contribution >= 0.6 is 0 Å². The van der Waals surface area contributed by atoms with E-state index in [1.54, 1.807) is 0 Å². The summed E-state index contributed by atoms with van der Waals surface area (Å²) in [4.78, 5) is 0. The number of hydrogen-bond donors (Lipinski definition) is 1. The van der Waals surface area contributed by atoms with Crippen LogP contribution in [-0.2, 0) is 4.74 Å². The van der Waals surface area contributed by atoms with Crippen molar-refractivity contribution in [3.05, 3.63) is 0 Å². The monoisotopic (exact) mass is 188 g/mol. The van der Waals surface area contributed by atoms with Crippen LogP contribution in [0.15, 0.2) is 0 Å². The topological polar surface area (TPSA) is 29.5 Å². The molecule has 0 saturated carbocycles. The van der Waals surface area contributed by atoms with Crippen LogP contribution in [0.3, 0.4) is 0 Å². The Morgan fingerprint density at radius 1 is 1.08 bits per heavy atom. The first-order valence-corrected chi connectivity index (χ1v) is 5.57. The summed E-state index contributed by atoms with van der Waals surface area (Å²) >= 11 is 0. The molecule has 0 aromatic heterocycles. The number of aliphatic hydroxyl groups excluding tert-OH is 1. The molecule has 0 heterocycles. The fraction of sp³-hybridized carbons (Fsp3) is 1.00. The summed E-state index contributed by atoms with van der Waals surface area (Å²) in [7, 11) is 0. The van der Waals surface area contributed by atoms with Crippen LogP contribution in [0.4, 0.5) is 0 Å². The average molecular weight is 188 g/mol. The van der Waals surface area contributed by atoms with Crippen LogP contribution in [0, 0.1) is 0 Å². The normalized spacial score (nSPS) is 13.2. The third-order valence-corrected chi connectivity index (χ3v) is 2.17. The van der Waals surface area contributed by atoms with Crippen molar-refractivity contribution in [3.63, 3.8) is 0 Å². The quantitative estimate of drug-likeness (QED) is 0.564. The first kappa shape index (κ1) is 12.9. The molecule has 0 radical (unpaired) electrons. The van der Waals surface area contributed by atoms with Gasteiger partial charge in [0.1, 0.15) is 0 Å². The Labute approximate surface area is 82.3 Å². The maximum absolute atomic E-state index is 9.17. The number of aliphatic hydroxyl groups is 1. The third-order valence-electron chi connectivity index (χ3n) is 2.17. The largest absolute Gasteiger partial charge is 0.391 e. The zero-order chi connectivity index (χ0) is 9.94. The van der Waals surface area contributed by atoms with E-state index in [0.717, 1.165) is 19.4 Å². The predicted octanol–water partition coefficient (Wildman–Crippen LogP) is 2.74. The molecule has 0 spiro atoms. The Kier molecular flexibility index (Phi) is 9.94. The van der Waals surface area contributed by atoms with Crippen molar-refractivity contribution < 1.29 is 9.84 Å². The molecule has 0 rings (SSSR count). The van der Waals surface area contributed by atoms with Crippen LogP contribution in [-0.4, -0.2) is 24.4 Å². The van der Waals surface area contributed by atoms with E-state index < -0.39 is 0 Å². The molecule has 1 N–H and O–H groups in total. The van der Waals surface area contributed by atoms with Crippen molar-refractivity contribution in [1.29, 1.82) is 0 Å². The second kappa shape index (κ2) is 10.0. The van der Waals surface area contributed by atoms with E-state index in [1.165, 1.54) is 25.7 Å². The van der Waals surface area contributed by atoms with Gasteiger partial charge in [-0.2, -0.15) is 0 Å². The predicted molar refractivity (Wildman–Crippen MR) is 55.9 cm³/mol. The molecule has 0 unspecified atom stereocenters. The lowest BCUT2D eigenvalue weighted by Crippen LogP contribution is -2.14.